The van der Waals surface area contributed by atoms with Gasteiger partial charge in [-0.2, -0.15) is 0 Å². The molecule has 0 fully saturated rings. The zero-order chi connectivity index (χ0) is 10.6. The van der Waals surface area contributed by atoms with Crippen molar-refractivity contribution in [3.63, 3.8) is 0 Å². The summed E-state index contributed by atoms with van der Waals surface area (Å²) in [5.41, 5.74) is 1.38. The Kier molecular flexibility index (Phi) is 4.97. The maximum Gasteiger partial charge on any atom is 0.0406 e. The molecule has 0 saturated carbocycles. The predicted molar refractivity (Wildman–Crippen MR) is 67.4 cm³/mol. The Morgan fingerprint density at radius 3 is 2.29 bits per heavy atom. The lowest BCUT2D eigenvalue weighted by molar-refractivity contribution is 0.480. The highest BCUT2D eigenvalue weighted by Crippen LogP contribution is 2.29. The van der Waals surface area contributed by atoms with Gasteiger partial charge >= 0.3 is 0 Å². The highest BCUT2D eigenvalue weighted by Gasteiger charge is 2.16. The van der Waals surface area contributed by atoms with Crippen molar-refractivity contribution in [2.75, 3.05) is 5.33 Å². The van der Waals surface area contributed by atoms with E-state index in [4.69, 9.17) is 11.6 Å². The summed E-state index contributed by atoms with van der Waals surface area (Å²) in [4.78, 5) is 0. The first-order valence-electron chi connectivity index (χ1n) is 5.00. The molecule has 14 heavy (non-hydrogen) atoms. The van der Waals surface area contributed by atoms with E-state index in [0.717, 1.165) is 10.4 Å². The third-order valence-corrected chi connectivity index (χ3v) is 3.74. The molecule has 78 valence electrons. The summed E-state index contributed by atoms with van der Waals surface area (Å²) >= 11 is 9.44. The molecule has 2 atom stereocenters. The number of alkyl halides is 1. The maximum atomic E-state index is 5.86. The van der Waals surface area contributed by atoms with E-state index in [0.29, 0.717) is 11.8 Å². The fourth-order valence-electron chi connectivity index (χ4n) is 1.56. The molecule has 0 aliphatic heterocycles. The normalized spacial score (nSPS) is 15.1. The van der Waals surface area contributed by atoms with Crippen LogP contribution in [0.3, 0.4) is 0 Å². The van der Waals surface area contributed by atoms with Gasteiger partial charge in [0.05, 0.1) is 0 Å². The molecule has 1 aromatic carbocycles. The molecule has 0 aromatic heterocycles. The van der Waals surface area contributed by atoms with Crippen LogP contribution in [-0.2, 0) is 0 Å². The van der Waals surface area contributed by atoms with Crippen LogP contribution in [-0.4, -0.2) is 5.33 Å². The van der Waals surface area contributed by atoms with E-state index in [-0.39, 0.29) is 0 Å². The van der Waals surface area contributed by atoms with Gasteiger partial charge in [0, 0.05) is 10.4 Å². The summed E-state index contributed by atoms with van der Waals surface area (Å²) in [5, 5.41) is 1.83. The van der Waals surface area contributed by atoms with Crippen LogP contribution in [0.15, 0.2) is 24.3 Å². The van der Waals surface area contributed by atoms with Gasteiger partial charge in [0.15, 0.2) is 0 Å². The number of hydrogen-bond acceptors (Lipinski definition) is 0. The Bertz CT molecular complexity index is 268. The lowest BCUT2D eigenvalue weighted by Crippen LogP contribution is -2.10. The fourth-order valence-corrected chi connectivity index (χ4v) is 2.70. The fraction of sp³-hybridized carbons (Fsp3) is 0.500. The molecular weight excluding hydrogens is 259 g/mol. The molecule has 2 heteroatoms. The van der Waals surface area contributed by atoms with Crippen LogP contribution >= 0.6 is 27.5 Å². The van der Waals surface area contributed by atoms with Gasteiger partial charge in [-0.05, 0) is 29.5 Å². The van der Waals surface area contributed by atoms with Crippen LogP contribution in [0.1, 0.15) is 31.7 Å². The van der Waals surface area contributed by atoms with Crippen LogP contribution in [0.5, 0.6) is 0 Å². The second kappa shape index (κ2) is 5.77. The molecule has 1 aromatic rings. The first-order chi connectivity index (χ1) is 6.69. The van der Waals surface area contributed by atoms with E-state index in [1.807, 2.05) is 12.1 Å². The van der Waals surface area contributed by atoms with E-state index in [9.17, 15) is 0 Å². The second-order valence-corrected chi connectivity index (χ2v) is 4.78. The molecule has 0 radical (unpaired) electrons. The maximum absolute atomic E-state index is 5.86. The summed E-state index contributed by atoms with van der Waals surface area (Å²) in [6.07, 6.45) is 1.21. The minimum Gasteiger partial charge on any atom is -0.0921 e. The van der Waals surface area contributed by atoms with Gasteiger partial charge in [-0.25, -0.2) is 0 Å². The van der Waals surface area contributed by atoms with E-state index in [1.165, 1.54) is 12.0 Å². The number of rotatable bonds is 4. The molecule has 1 rings (SSSR count). The average molecular weight is 276 g/mol. The SMILES string of the molecule is CCC(C)C(CBr)c1ccc(Cl)cc1. The van der Waals surface area contributed by atoms with Crippen molar-refractivity contribution in [3.8, 4) is 0 Å². The molecule has 0 aliphatic rings. The number of benzene rings is 1. The van der Waals surface area contributed by atoms with Gasteiger partial charge < -0.3 is 0 Å². The minimum atomic E-state index is 0.595. The summed E-state index contributed by atoms with van der Waals surface area (Å²) < 4.78 is 0. The van der Waals surface area contributed by atoms with Gasteiger partial charge in [-0.15, -0.1) is 0 Å². The van der Waals surface area contributed by atoms with Crippen LogP contribution in [0.4, 0.5) is 0 Å². The van der Waals surface area contributed by atoms with Crippen LogP contribution in [0.2, 0.25) is 5.02 Å². The summed E-state index contributed by atoms with van der Waals surface area (Å²) in [6.45, 7) is 4.52. The smallest absolute Gasteiger partial charge is 0.0406 e. The highest BCUT2D eigenvalue weighted by atomic mass is 79.9. The van der Waals surface area contributed by atoms with Crippen LogP contribution in [0.25, 0.3) is 0 Å². The molecule has 0 heterocycles. The molecule has 0 bridgehead atoms. The van der Waals surface area contributed by atoms with Crippen molar-refractivity contribution in [2.45, 2.75) is 26.2 Å². The van der Waals surface area contributed by atoms with Crippen molar-refractivity contribution in [1.29, 1.82) is 0 Å². The highest BCUT2D eigenvalue weighted by molar-refractivity contribution is 9.09. The largest absolute Gasteiger partial charge is 0.0921 e. The Morgan fingerprint density at radius 1 is 1.29 bits per heavy atom. The number of hydrogen-bond donors (Lipinski definition) is 0. The van der Waals surface area contributed by atoms with Crippen LogP contribution in [0, 0.1) is 5.92 Å². The topological polar surface area (TPSA) is 0 Å². The third kappa shape index (κ3) is 2.99. The molecular formula is C12H16BrCl. The van der Waals surface area contributed by atoms with Gasteiger partial charge in [0.1, 0.15) is 0 Å². The Morgan fingerprint density at radius 2 is 1.86 bits per heavy atom. The predicted octanol–water partition coefficient (Wildman–Crippen LogP) is 4.86. The summed E-state index contributed by atoms with van der Waals surface area (Å²) in [7, 11) is 0. The van der Waals surface area contributed by atoms with Crippen molar-refractivity contribution in [2.24, 2.45) is 5.92 Å². The zero-order valence-corrected chi connectivity index (χ0v) is 11.0. The Hall–Kier alpha value is -0.0100. The molecule has 0 aliphatic carbocycles. The first-order valence-corrected chi connectivity index (χ1v) is 6.50. The van der Waals surface area contributed by atoms with Crippen molar-refractivity contribution in [1.82, 2.24) is 0 Å². The molecule has 0 spiro atoms. The third-order valence-electron chi connectivity index (χ3n) is 2.80. The van der Waals surface area contributed by atoms with E-state index in [1.54, 1.807) is 0 Å². The molecule has 0 saturated heterocycles. The lowest BCUT2D eigenvalue weighted by Gasteiger charge is -2.21. The Balaban J connectivity index is 2.84. The molecule has 0 amide bonds. The quantitative estimate of drug-likeness (QED) is 0.688. The lowest BCUT2D eigenvalue weighted by atomic mass is 9.87. The van der Waals surface area contributed by atoms with Gasteiger partial charge in [-0.3, -0.25) is 0 Å². The zero-order valence-electron chi connectivity index (χ0n) is 8.63. The monoisotopic (exact) mass is 274 g/mol. The van der Waals surface area contributed by atoms with E-state index in [2.05, 4.69) is 41.9 Å². The van der Waals surface area contributed by atoms with E-state index < -0.39 is 0 Å². The average Bonchev–Trinajstić information content (AvgIpc) is 2.21. The Labute approximate surface area is 99.8 Å². The molecule has 0 nitrogen and oxygen atoms in total. The standard InChI is InChI=1S/C12H16BrCl/c1-3-9(2)12(8-13)10-4-6-11(14)7-5-10/h4-7,9,12H,3,8H2,1-2H3. The van der Waals surface area contributed by atoms with Gasteiger partial charge in [0.25, 0.3) is 0 Å². The van der Waals surface area contributed by atoms with E-state index >= 15 is 0 Å². The molecule has 2 unspecified atom stereocenters. The first kappa shape index (κ1) is 12.1. The minimum absolute atomic E-state index is 0.595. The second-order valence-electron chi connectivity index (χ2n) is 3.70. The van der Waals surface area contributed by atoms with Gasteiger partial charge in [0.2, 0.25) is 0 Å². The number of halogens is 2. The van der Waals surface area contributed by atoms with Crippen LogP contribution < -0.4 is 0 Å². The van der Waals surface area contributed by atoms with Crippen molar-refractivity contribution in [3.05, 3.63) is 34.9 Å². The molecule has 0 N–H and O–H groups in total. The summed E-state index contributed by atoms with van der Waals surface area (Å²) in [5.74, 6) is 1.30. The van der Waals surface area contributed by atoms with Crippen molar-refractivity contribution >= 4 is 27.5 Å². The van der Waals surface area contributed by atoms with Crippen molar-refractivity contribution < 1.29 is 0 Å². The van der Waals surface area contributed by atoms with Gasteiger partial charge in [-0.1, -0.05) is 59.9 Å². The summed E-state index contributed by atoms with van der Waals surface area (Å²) in [6, 6.07) is 8.19.